The van der Waals surface area contributed by atoms with Gasteiger partial charge in [-0.1, -0.05) is 24.3 Å². The van der Waals surface area contributed by atoms with Gasteiger partial charge in [-0.25, -0.2) is 18.6 Å². The van der Waals surface area contributed by atoms with E-state index in [1.807, 2.05) is 39.8 Å². The average Bonchev–Trinajstić information content (AvgIpc) is 3.68. The second-order valence-corrected chi connectivity index (χ2v) is 18.7. The predicted octanol–water partition coefficient (Wildman–Crippen LogP) is 11.2. The van der Waals surface area contributed by atoms with Crippen molar-refractivity contribution in [1.82, 2.24) is 39.5 Å². The van der Waals surface area contributed by atoms with Crippen LogP contribution in [0.2, 0.25) is 0 Å². The lowest BCUT2D eigenvalue weighted by Gasteiger charge is -2.14. The number of carbonyl (C=O) groups excluding carboxylic acids is 1. The number of nitrogens with zero attached hydrogens (tertiary/aromatic N) is 8. The molecule has 0 aliphatic carbocycles. The second-order valence-electron chi connectivity index (χ2n) is 18.7. The van der Waals surface area contributed by atoms with E-state index >= 15 is 0 Å². The van der Waals surface area contributed by atoms with Gasteiger partial charge in [0.15, 0.2) is 34.5 Å². The molecule has 6 aromatic heterocycles. The van der Waals surface area contributed by atoms with E-state index in [-0.39, 0.29) is 35.3 Å². The SMILES string of the molecule is CC(C)n1cc(-c2ccc(F)cc2)c(=O)c(C(=O)O)n1.COc1cc2nccc(Oc3ccc(CC(=O)c4nn(C(C)C)cc(-c5ccc(F)cc5)c4=O)nc3)c2cc1OC.COc1cc2nccc(Oc3ccc(N)nc3)c2cc1OC. The molecule has 83 heavy (non-hydrogen) atoms. The van der Waals surface area contributed by atoms with Crippen LogP contribution >= 0.6 is 0 Å². The summed E-state index contributed by atoms with van der Waals surface area (Å²) in [6.45, 7) is 7.41. The van der Waals surface area contributed by atoms with Crippen molar-refractivity contribution in [2.75, 3.05) is 34.2 Å². The Hall–Kier alpha value is -10.6. The number of carboxylic acids is 1. The number of anilines is 1. The fourth-order valence-electron chi connectivity index (χ4n) is 8.14. The quantitative estimate of drug-likeness (QED) is 0.0852. The zero-order valence-corrected chi connectivity index (χ0v) is 46.2. The molecular formula is C61H55F2N9O11. The number of ketones is 1. The Balaban J connectivity index is 0.000000180. The molecule has 6 heterocycles. The second kappa shape index (κ2) is 26.1. The van der Waals surface area contributed by atoms with Crippen molar-refractivity contribution >= 4 is 39.4 Å². The fourth-order valence-corrected chi connectivity index (χ4v) is 8.14. The van der Waals surface area contributed by atoms with Gasteiger partial charge in [0.05, 0.1) is 58.3 Å². The molecule has 4 aromatic carbocycles. The molecule has 0 atom stereocenters. The summed E-state index contributed by atoms with van der Waals surface area (Å²) in [6.07, 6.45) is 9.30. The molecule has 0 saturated heterocycles. The summed E-state index contributed by atoms with van der Waals surface area (Å²) in [4.78, 5) is 66.8. The molecule has 0 spiro atoms. The van der Waals surface area contributed by atoms with Crippen molar-refractivity contribution in [3.05, 3.63) is 196 Å². The molecule has 0 unspecified atom stereocenters. The number of nitrogens with two attached hydrogens (primary N) is 1. The number of pyridine rings is 4. The largest absolute Gasteiger partial charge is 0.493 e. The monoisotopic (exact) mass is 1130 g/mol. The smallest absolute Gasteiger partial charge is 0.360 e. The normalized spacial score (nSPS) is 10.8. The Morgan fingerprint density at radius 3 is 1.36 bits per heavy atom. The van der Waals surface area contributed by atoms with Gasteiger partial charge in [-0.2, -0.15) is 10.2 Å². The van der Waals surface area contributed by atoms with E-state index in [4.69, 9.17) is 39.3 Å². The van der Waals surface area contributed by atoms with Gasteiger partial charge in [0, 0.05) is 76.6 Å². The lowest BCUT2D eigenvalue weighted by Crippen LogP contribution is -2.25. The first-order chi connectivity index (χ1) is 39.9. The Labute approximate surface area is 473 Å². The van der Waals surface area contributed by atoms with Crippen LogP contribution in [0.1, 0.15) is 66.4 Å². The van der Waals surface area contributed by atoms with Crippen LogP contribution in [0, 0.1) is 11.6 Å². The third kappa shape index (κ3) is 13.9. The summed E-state index contributed by atoms with van der Waals surface area (Å²) in [6, 6.07) is 28.1. The van der Waals surface area contributed by atoms with E-state index in [9.17, 15) is 28.0 Å². The highest BCUT2D eigenvalue weighted by atomic mass is 19.1. The van der Waals surface area contributed by atoms with Crippen molar-refractivity contribution in [1.29, 1.82) is 0 Å². The van der Waals surface area contributed by atoms with Crippen molar-refractivity contribution < 1.29 is 51.9 Å². The number of Topliss-reactive ketones (excluding diaryl/α,β-unsaturated/α-hetero) is 1. The Bertz CT molecular complexity index is 4090. The molecule has 0 aliphatic rings. The maximum Gasteiger partial charge on any atom is 0.360 e. The Morgan fingerprint density at radius 1 is 0.542 bits per heavy atom. The minimum Gasteiger partial charge on any atom is -0.493 e. The van der Waals surface area contributed by atoms with Crippen LogP contribution in [-0.4, -0.2) is 84.8 Å². The van der Waals surface area contributed by atoms with E-state index in [1.54, 1.807) is 106 Å². The number of ether oxygens (including phenoxy) is 6. The number of carbonyl (C=O) groups is 2. The zero-order chi connectivity index (χ0) is 59.5. The van der Waals surface area contributed by atoms with Gasteiger partial charge in [0.25, 0.3) is 0 Å². The molecule has 0 bridgehead atoms. The molecule has 0 fully saturated rings. The number of methoxy groups -OCH3 is 4. The third-order valence-electron chi connectivity index (χ3n) is 12.5. The maximum absolute atomic E-state index is 13.5. The van der Waals surface area contributed by atoms with Gasteiger partial charge >= 0.3 is 5.97 Å². The number of carboxylic acid groups (broad SMARTS) is 1. The summed E-state index contributed by atoms with van der Waals surface area (Å²) in [5.41, 5.74) is 6.90. The lowest BCUT2D eigenvalue weighted by atomic mass is 10.0. The first-order valence-electron chi connectivity index (χ1n) is 25.5. The van der Waals surface area contributed by atoms with E-state index in [0.717, 1.165) is 16.3 Å². The van der Waals surface area contributed by atoms with Crippen molar-refractivity contribution in [3.8, 4) is 68.2 Å². The standard InChI is InChI=1S/C31H27FN4O5.C16H15N3O3.C14H13FN2O3/c1-18(2)36-17-24(19-5-7-20(32)8-6-19)31(38)30(35-36)26(37)13-21-9-10-22(16-34-21)41-27-11-12-33-25-15-29(40-4)28(39-3)14-23(25)27;1-20-14-7-11-12(8-15(14)21-2)18-6-5-13(11)22-10-3-4-16(17)19-9-10;1-8(2)17-7-11(9-3-5-10(15)6-4-9)13(18)12(16-17)14(19)20/h5-12,14-18H,13H2,1-4H3;3-9H,1-2H3,(H2,17,19);3-8H,1-2H3,(H,19,20). The molecule has 20 nitrogen and oxygen atoms in total. The topological polar surface area (TPSA) is 257 Å². The Kier molecular flexibility index (Phi) is 18.4. The number of rotatable bonds is 16. The first-order valence-corrected chi connectivity index (χ1v) is 25.5. The van der Waals surface area contributed by atoms with Gasteiger partial charge in [0.1, 0.15) is 40.5 Å². The van der Waals surface area contributed by atoms with E-state index < -0.39 is 39.9 Å². The van der Waals surface area contributed by atoms with Gasteiger partial charge < -0.3 is 39.3 Å². The van der Waals surface area contributed by atoms with E-state index in [0.29, 0.717) is 74.2 Å². The molecular weight excluding hydrogens is 1070 g/mol. The van der Waals surface area contributed by atoms with E-state index in [2.05, 4.69) is 30.1 Å². The highest BCUT2D eigenvalue weighted by molar-refractivity contribution is 5.96. The van der Waals surface area contributed by atoms with Gasteiger partial charge in [-0.3, -0.25) is 38.7 Å². The maximum atomic E-state index is 13.5. The van der Waals surface area contributed by atoms with Crippen LogP contribution < -0.4 is 45.0 Å². The summed E-state index contributed by atoms with van der Waals surface area (Å²) in [5.74, 6) is 2.30. The molecule has 3 N–H and O–H groups in total. The highest BCUT2D eigenvalue weighted by Gasteiger charge is 2.22. The molecule has 424 valence electrons. The molecule has 0 saturated carbocycles. The Morgan fingerprint density at radius 2 is 0.964 bits per heavy atom. The number of benzene rings is 4. The van der Waals surface area contributed by atoms with Crippen LogP contribution in [0.15, 0.2) is 156 Å². The molecule has 0 aliphatic heterocycles. The fraction of sp³-hybridized carbons (Fsp3) is 0.180. The summed E-state index contributed by atoms with van der Waals surface area (Å²) in [5, 5.41) is 18.7. The number of halogens is 2. The van der Waals surface area contributed by atoms with Gasteiger partial charge in [-0.15, -0.1) is 0 Å². The van der Waals surface area contributed by atoms with Crippen LogP contribution in [0.25, 0.3) is 44.1 Å². The van der Waals surface area contributed by atoms with Crippen LogP contribution in [0.5, 0.6) is 46.0 Å². The van der Waals surface area contributed by atoms with Crippen molar-refractivity contribution in [2.24, 2.45) is 0 Å². The number of hydrogen-bond donors (Lipinski definition) is 2. The summed E-state index contributed by atoms with van der Waals surface area (Å²) >= 11 is 0. The number of aromatic carboxylic acids is 1. The summed E-state index contributed by atoms with van der Waals surface area (Å²) in [7, 11) is 6.28. The predicted molar refractivity (Wildman–Crippen MR) is 306 cm³/mol. The minimum absolute atomic E-state index is 0.104. The van der Waals surface area contributed by atoms with Crippen LogP contribution in [0.4, 0.5) is 14.6 Å². The molecule has 0 amide bonds. The number of hydrogen-bond acceptors (Lipinski definition) is 17. The zero-order valence-electron chi connectivity index (χ0n) is 46.2. The minimum atomic E-state index is -1.38. The van der Waals surface area contributed by atoms with Gasteiger partial charge in [-0.05, 0) is 112 Å². The third-order valence-corrected chi connectivity index (χ3v) is 12.5. The highest BCUT2D eigenvalue weighted by Crippen LogP contribution is 2.38. The summed E-state index contributed by atoms with van der Waals surface area (Å²) < 4.78 is 62.7. The molecule has 22 heteroatoms. The number of fused-ring (bicyclic) bond motifs is 2. The van der Waals surface area contributed by atoms with Crippen molar-refractivity contribution in [2.45, 2.75) is 46.2 Å². The number of nitrogen functional groups attached to an aromatic ring is 1. The average molecular weight is 1130 g/mol. The molecule has 10 rings (SSSR count). The van der Waals surface area contributed by atoms with E-state index in [1.165, 1.54) is 65.6 Å². The van der Waals surface area contributed by atoms with Crippen LogP contribution in [-0.2, 0) is 6.42 Å². The first kappa shape index (κ1) is 58.5. The van der Waals surface area contributed by atoms with Gasteiger partial charge in [0.2, 0.25) is 16.6 Å². The molecule has 10 aromatic rings. The number of aromatic nitrogens is 8. The molecule has 0 radical (unpaired) electrons. The van der Waals surface area contributed by atoms with Crippen LogP contribution in [0.3, 0.4) is 0 Å². The van der Waals surface area contributed by atoms with Crippen molar-refractivity contribution in [3.63, 3.8) is 0 Å². The lowest BCUT2D eigenvalue weighted by molar-refractivity contribution is 0.0685.